The fourth-order valence-corrected chi connectivity index (χ4v) is 3.74. The molecule has 1 aromatic carbocycles. The number of hydrogen-bond acceptors (Lipinski definition) is 2. The molecule has 112 valence electrons. The molecule has 1 N–H and O–H groups in total. The summed E-state index contributed by atoms with van der Waals surface area (Å²) in [5.74, 6) is 2.56. The smallest absolute Gasteiger partial charge is 0.126 e. The number of hydrogen-bond donors (Lipinski definition) is 1. The fraction of sp³-hybridized carbons (Fsp3) is 0.647. The largest absolute Gasteiger partial charge is 0.496 e. The summed E-state index contributed by atoms with van der Waals surface area (Å²) in [6.45, 7) is 9.85. The van der Waals surface area contributed by atoms with Crippen molar-refractivity contribution in [3.8, 4) is 5.75 Å². The molecule has 2 unspecified atom stereocenters. The predicted molar refractivity (Wildman–Crippen MR) is 88.5 cm³/mol. The summed E-state index contributed by atoms with van der Waals surface area (Å²) in [7, 11) is 1.78. The molecule has 1 aliphatic rings. The van der Waals surface area contributed by atoms with Gasteiger partial charge < -0.3 is 10.1 Å². The van der Waals surface area contributed by atoms with Crippen LogP contribution in [0.5, 0.6) is 5.75 Å². The average molecular weight is 340 g/mol. The first kappa shape index (κ1) is 15.8. The van der Waals surface area contributed by atoms with Gasteiger partial charge in [0.25, 0.3) is 0 Å². The zero-order chi connectivity index (χ0) is 14.9. The van der Waals surface area contributed by atoms with E-state index in [1.54, 1.807) is 7.11 Å². The molecular weight excluding hydrogens is 314 g/mol. The first-order valence-electron chi connectivity index (χ1n) is 7.58. The lowest BCUT2D eigenvalue weighted by atomic mass is 9.86. The first-order valence-corrected chi connectivity index (χ1v) is 8.37. The SMILES string of the molecule is CCNC(c1c(C)c(Br)cc(C)c1OC)C(C)C1CC1. The van der Waals surface area contributed by atoms with E-state index in [4.69, 9.17) is 4.74 Å². The summed E-state index contributed by atoms with van der Waals surface area (Å²) in [5.41, 5.74) is 3.83. The molecule has 2 nitrogen and oxygen atoms in total. The molecular formula is C17H26BrNO. The van der Waals surface area contributed by atoms with Crippen LogP contribution in [0.15, 0.2) is 10.5 Å². The highest BCUT2D eigenvalue weighted by atomic mass is 79.9. The van der Waals surface area contributed by atoms with Gasteiger partial charge in [-0.15, -0.1) is 0 Å². The van der Waals surface area contributed by atoms with Gasteiger partial charge in [0.15, 0.2) is 0 Å². The van der Waals surface area contributed by atoms with Crippen LogP contribution in [0.25, 0.3) is 0 Å². The van der Waals surface area contributed by atoms with Crippen molar-refractivity contribution in [2.75, 3.05) is 13.7 Å². The van der Waals surface area contributed by atoms with Gasteiger partial charge >= 0.3 is 0 Å². The third-order valence-corrected chi connectivity index (χ3v) is 5.36. The van der Waals surface area contributed by atoms with Gasteiger partial charge in [-0.05, 0) is 62.3 Å². The highest BCUT2D eigenvalue weighted by Gasteiger charge is 2.36. The Bertz CT molecular complexity index is 482. The molecule has 0 amide bonds. The minimum atomic E-state index is 0.374. The minimum absolute atomic E-state index is 0.374. The maximum absolute atomic E-state index is 5.73. The van der Waals surface area contributed by atoms with E-state index >= 15 is 0 Å². The summed E-state index contributed by atoms with van der Waals surface area (Å²) in [6, 6.07) is 2.53. The van der Waals surface area contributed by atoms with Crippen LogP contribution in [0.1, 0.15) is 49.4 Å². The van der Waals surface area contributed by atoms with E-state index in [0.717, 1.165) is 18.2 Å². The van der Waals surface area contributed by atoms with Gasteiger partial charge in [-0.1, -0.05) is 29.8 Å². The number of benzene rings is 1. The molecule has 0 spiro atoms. The normalized spacial score (nSPS) is 17.9. The van der Waals surface area contributed by atoms with Crippen molar-refractivity contribution < 1.29 is 4.74 Å². The zero-order valence-electron chi connectivity index (χ0n) is 13.2. The molecule has 0 heterocycles. The molecule has 0 aliphatic heterocycles. The van der Waals surface area contributed by atoms with Crippen molar-refractivity contribution in [1.82, 2.24) is 5.32 Å². The van der Waals surface area contributed by atoms with Crippen LogP contribution in [-0.4, -0.2) is 13.7 Å². The Morgan fingerprint density at radius 2 is 2.05 bits per heavy atom. The number of halogens is 1. The number of aryl methyl sites for hydroxylation is 1. The second-order valence-electron chi connectivity index (χ2n) is 5.98. The van der Waals surface area contributed by atoms with Crippen molar-refractivity contribution in [3.05, 3.63) is 27.2 Å². The van der Waals surface area contributed by atoms with Gasteiger partial charge in [-0.2, -0.15) is 0 Å². The second-order valence-corrected chi connectivity index (χ2v) is 6.83. The molecule has 1 fully saturated rings. The fourth-order valence-electron chi connectivity index (χ4n) is 3.19. The Balaban J connectivity index is 2.50. The Morgan fingerprint density at radius 3 is 2.55 bits per heavy atom. The topological polar surface area (TPSA) is 21.3 Å². The van der Waals surface area contributed by atoms with Crippen LogP contribution in [0, 0.1) is 25.7 Å². The van der Waals surface area contributed by atoms with Gasteiger partial charge in [0, 0.05) is 16.1 Å². The van der Waals surface area contributed by atoms with Crippen LogP contribution in [-0.2, 0) is 0 Å². The molecule has 0 aromatic heterocycles. The molecule has 3 heteroatoms. The van der Waals surface area contributed by atoms with E-state index in [-0.39, 0.29) is 0 Å². The maximum atomic E-state index is 5.73. The van der Waals surface area contributed by atoms with Crippen LogP contribution < -0.4 is 10.1 Å². The average Bonchev–Trinajstić information content (AvgIpc) is 3.24. The van der Waals surface area contributed by atoms with E-state index in [2.05, 4.69) is 55.0 Å². The third kappa shape index (κ3) is 3.04. The summed E-state index contributed by atoms with van der Waals surface area (Å²) < 4.78 is 6.91. The number of nitrogens with one attached hydrogen (secondary N) is 1. The van der Waals surface area contributed by atoms with Crippen LogP contribution >= 0.6 is 15.9 Å². The lowest BCUT2D eigenvalue weighted by molar-refractivity contribution is 0.334. The number of ether oxygens (including phenoxy) is 1. The molecule has 1 aromatic rings. The molecule has 1 aliphatic carbocycles. The van der Waals surface area contributed by atoms with Crippen molar-refractivity contribution in [2.45, 2.75) is 46.6 Å². The van der Waals surface area contributed by atoms with Crippen LogP contribution in [0.2, 0.25) is 0 Å². The first-order chi connectivity index (χ1) is 9.51. The van der Waals surface area contributed by atoms with Crippen molar-refractivity contribution in [3.63, 3.8) is 0 Å². The minimum Gasteiger partial charge on any atom is -0.496 e. The molecule has 0 radical (unpaired) electrons. The molecule has 1 saturated carbocycles. The second kappa shape index (κ2) is 6.48. The Morgan fingerprint density at radius 1 is 1.40 bits per heavy atom. The maximum Gasteiger partial charge on any atom is 0.126 e. The van der Waals surface area contributed by atoms with Crippen molar-refractivity contribution in [1.29, 1.82) is 0 Å². The lowest BCUT2D eigenvalue weighted by Gasteiger charge is -2.29. The van der Waals surface area contributed by atoms with E-state index in [0.29, 0.717) is 12.0 Å². The summed E-state index contributed by atoms with van der Waals surface area (Å²) in [5, 5.41) is 3.69. The van der Waals surface area contributed by atoms with Gasteiger partial charge in [0.05, 0.1) is 7.11 Å². The van der Waals surface area contributed by atoms with Crippen molar-refractivity contribution in [2.24, 2.45) is 11.8 Å². The highest BCUT2D eigenvalue weighted by Crippen LogP contribution is 2.46. The summed E-state index contributed by atoms with van der Waals surface area (Å²) in [6.07, 6.45) is 2.74. The molecule has 20 heavy (non-hydrogen) atoms. The standard InChI is InChI=1S/C17H26BrNO/c1-6-19-16(11(3)13-7-8-13)15-12(4)14(18)9-10(2)17(15)20-5/h9,11,13,16,19H,6-8H2,1-5H3. The van der Waals surface area contributed by atoms with Gasteiger partial charge in [-0.25, -0.2) is 0 Å². The van der Waals surface area contributed by atoms with E-state index in [9.17, 15) is 0 Å². The van der Waals surface area contributed by atoms with Crippen LogP contribution in [0.4, 0.5) is 0 Å². The molecule has 0 saturated heterocycles. The highest BCUT2D eigenvalue weighted by molar-refractivity contribution is 9.10. The number of methoxy groups -OCH3 is 1. The predicted octanol–water partition coefficient (Wildman–Crippen LogP) is 4.77. The summed E-state index contributed by atoms with van der Waals surface area (Å²) >= 11 is 3.70. The Kier molecular flexibility index (Phi) is 5.14. The van der Waals surface area contributed by atoms with E-state index < -0.39 is 0 Å². The quantitative estimate of drug-likeness (QED) is 0.805. The van der Waals surface area contributed by atoms with Crippen molar-refractivity contribution >= 4 is 15.9 Å². The molecule has 2 rings (SSSR count). The Labute approximate surface area is 131 Å². The Hall–Kier alpha value is -0.540. The van der Waals surface area contributed by atoms with E-state index in [1.807, 2.05) is 0 Å². The lowest BCUT2D eigenvalue weighted by Crippen LogP contribution is -2.29. The van der Waals surface area contributed by atoms with Gasteiger partial charge in [-0.3, -0.25) is 0 Å². The van der Waals surface area contributed by atoms with Gasteiger partial charge in [0.1, 0.15) is 5.75 Å². The number of rotatable bonds is 6. The zero-order valence-corrected chi connectivity index (χ0v) is 14.8. The summed E-state index contributed by atoms with van der Waals surface area (Å²) in [4.78, 5) is 0. The molecule has 2 atom stereocenters. The third-order valence-electron chi connectivity index (χ3n) is 4.54. The van der Waals surface area contributed by atoms with Crippen LogP contribution in [0.3, 0.4) is 0 Å². The molecule has 0 bridgehead atoms. The van der Waals surface area contributed by atoms with Gasteiger partial charge in [0.2, 0.25) is 0 Å². The van der Waals surface area contributed by atoms with E-state index in [1.165, 1.54) is 34.0 Å². The monoisotopic (exact) mass is 339 g/mol.